The second-order valence-corrected chi connectivity index (χ2v) is 10.3. The van der Waals surface area contributed by atoms with Crippen LogP contribution < -0.4 is 0 Å². The van der Waals surface area contributed by atoms with Crippen molar-refractivity contribution in [2.45, 2.75) is 71.8 Å². The van der Waals surface area contributed by atoms with Crippen LogP contribution in [0.5, 0.6) is 0 Å². The molecule has 3 nitrogen and oxygen atoms in total. The lowest BCUT2D eigenvalue weighted by Crippen LogP contribution is -2.50. The number of carbonyl (C=O) groups excluding carboxylic acids is 1. The van der Waals surface area contributed by atoms with Gasteiger partial charge in [0, 0.05) is 25.7 Å². The Balaban J connectivity index is 1.41. The molecular formula is C26H33NO2. The Labute approximate surface area is 174 Å². The zero-order valence-electron chi connectivity index (χ0n) is 18.0. The summed E-state index contributed by atoms with van der Waals surface area (Å²) in [6.45, 7) is 6.56. The number of fused-ring (bicyclic) bond motifs is 5. The molecule has 0 saturated heterocycles. The summed E-state index contributed by atoms with van der Waals surface area (Å²) in [7, 11) is 0. The van der Waals surface area contributed by atoms with Crippen LogP contribution in [0.2, 0.25) is 0 Å². The van der Waals surface area contributed by atoms with E-state index in [0.29, 0.717) is 0 Å². The minimum Gasteiger partial charge on any atom is -0.462 e. The molecule has 5 unspecified atom stereocenters. The number of carbonyl (C=O) groups is 1. The molecule has 4 aliphatic carbocycles. The van der Waals surface area contributed by atoms with Gasteiger partial charge in [-0.2, -0.15) is 0 Å². The molecule has 0 aromatic carbocycles. The first-order chi connectivity index (χ1) is 13.9. The zero-order chi connectivity index (χ0) is 20.2. The fourth-order valence-electron chi connectivity index (χ4n) is 7.50. The van der Waals surface area contributed by atoms with E-state index in [1.807, 2.05) is 12.4 Å². The minimum atomic E-state index is -0.138. The molecule has 1 aromatic heterocycles. The third-order valence-electron chi connectivity index (χ3n) is 8.94. The molecule has 1 heterocycles. The van der Waals surface area contributed by atoms with E-state index in [1.54, 1.807) is 5.57 Å². The van der Waals surface area contributed by atoms with Crippen LogP contribution in [0.4, 0.5) is 0 Å². The molecule has 29 heavy (non-hydrogen) atoms. The first-order valence-corrected chi connectivity index (χ1v) is 11.4. The van der Waals surface area contributed by atoms with E-state index in [9.17, 15) is 4.79 Å². The van der Waals surface area contributed by atoms with Gasteiger partial charge in [0.05, 0.1) is 0 Å². The number of nitrogens with zero attached hydrogens (tertiary/aromatic N) is 1. The van der Waals surface area contributed by atoms with Gasteiger partial charge in [-0.3, -0.25) is 9.78 Å². The average molecular weight is 392 g/mol. The van der Waals surface area contributed by atoms with Gasteiger partial charge in [0.1, 0.15) is 6.10 Å². The van der Waals surface area contributed by atoms with Crippen LogP contribution in [0.3, 0.4) is 0 Å². The van der Waals surface area contributed by atoms with Gasteiger partial charge in [0.2, 0.25) is 0 Å². The summed E-state index contributed by atoms with van der Waals surface area (Å²) in [4.78, 5) is 15.8. The highest BCUT2D eigenvalue weighted by Gasteiger charge is 2.56. The predicted octanol–water partition coefficient (Wildman–Crippen LogP) is 5.97. The van der Waals surface area contributed by atoms with Gasteiger partial charge in [-0.15, -0.1) is 0 Å². The SMILES string of the molecule is CC(=O)OC1CC[C@@]2(C)C(=CCC3C4CC=C(c5cccnc5)C4(C)CCC32)C1. The summed E-state index contributed by atoms with van der Waals surface area (Å²) in [6, 6.07) is 4.30. The van der Waals surface area contributed by atoms with Crippen LogP contribution in [-0.4, -0.2) is 17.1 Å². The molecule has 0 radical (unpaired) electrons. The standard InChI is InChI=1S/C26H33NO2/c1-17(28)29-20-10-12-25(2)19(15-20)6-7-21-23-9-8-22(18-5-4-14-27-16-18)26(23,3)13-11-24(21)25/h4-6,8,14,16,20-21,23-24H,7,9-13,15H2,1-3H3/t20?,21?,23?,24?,25-,26?/m0/s1. The highest BCUT2D eigenvalue weighted by atomic mass is 16.5. The zero-order valence-corrected chi connectivity index (χ0v) is 18.0. The van der Waals surface area contributed by atoms with Gasteiger partial charge in [0.15, 0.2) is 0 Å². The molecule has 0 spiro atoms. The quantitative estimate of drug-likeness (QED) is 0.460. The van der Waals surface area contributed by atoms with Crippen molar-refractivity contribution < 1.29 is 9.53 Å². The van der Waals surface area contributed by atoms with Crippen LogP contribution in [0, 0.1) is 28.6 Å². The summed E-state index contributed by atoms with van der Waals surface area (Å²) in [5.74, 6) is 2.12. The van der Waals surface area contributed by atoms with Crippen LogP contribution in [-0.2, 0) is 9.53 Å². The van der Waals surface area contributed by atoms with Crippen molar-refractivity contribution in [3.63, 3.8) is 0 Å². The molecule has 2 saturated carbocycles. The van der Waals surface area contributed by atoms with E-state index in [1.165, 1.54) is 43.7 Å². The van der Waals surface area contributed by atoms with Crippen LogP contribution in [0.15, 0.2) is 42.3 Å². The Bertz CT molecular complexity index is 872. The number of hydrogen-bond donors (Lipinski definition) is 0. The van der Waals surface area contributed by atoms with E-state index < -0.39 is 0 Å². The molecule has 4 aliphatic rings. The molecule has 0 N–H and O–H groups in total. The maximum Gasteiger partial charge on any atom is 0.302 e. The number of hydrogen-bond acceptors (Lipinski definition) is 3. The lowest BCUT2D eigenvalue weighted by molar-refractivity contribution is -0.148. The van der Waals surface area contributed by atoms with Gasteiger partial charge in [0.25, 0.3) is 0 Å². The maximum absolute atomic E-state index is 11.4. The van der Waals surface area contributed by atoms with Crippen molar-refractivity contribution in [3.05, 3.63) is 47.8 Å². The van der Waals surface area contributed by atoms with Crippen molar-refractivity contribution in [3.8, 4) is 0 Å². The molecule has 2 fully saturated rings. The largest absolute Gasteiger partial charge is 0.462 e. The summed E-state index contributed by atoms with van der Waals surface area (Å²) in [5, 5.41) is 0. The fraction of sp³-hybridized carbons (Fsp3) is 0.615. The molecule has 154 valence electrons. The van der Waals surface area contributed by atoms with Crippen molar-refractivity contribution in [1.82, 2.24) is 4.98 Å². The lowest BCUT2D eigenvalue weighted by Gasteiger charge is -2.57. The third-order valence-corrected chi connectivity index (χ3v) is 8.94. The predicted molar refractivity (Wildman–Crippen MR) is 115 cm³/mol. The van der Waals surface area contributed by atoms with E-state index >= 15 is 0 Å². The summed E-state index contributed by atoms with van der Waals surface area (Å²) >= 11 is 0. The summed E-state index contributed by atoms with van der Waals surface area (Å²) in [5.41, 5.74) is 4.99. The highest BCUT2D eigenvalue weighted by molar-refractivity contribution is 5.72. The Morgan fingerprint density at radius 1 is 1.10 bits per heavy atom. The molecule has 0 bridgehead atoms. The smallest absolute Gasteiger partial charge is 0.302 e. The number of allylic oxidation sites excluding steroid dienone is 3. The molecule has 1 aromatic rings. The van der Waals surface area contributed by atoms with E-state index in [4.69, 9.17) is 4.74 Å². The second-order valence-electron chi connectivity index (χ2n) is 10.3. The maximum atomic E-state index is 11.4. The van der Waals surface area contributed by atoms with Crippen molar-refractivity contribution in [2.75, 3.05) is 0 Å². The highest BCUT2D eigenvalue weighted by Crippen LogP contribution is 2.66. The monoisotopic (exact) mass is 391 g/mol. The molecule has 6 atom stereocenters. The van der Waals surface area contributed by atoms with Crippen molar-refractivity contribution in [1.29, 1.82) is 0 Å². The number of aromatic nitrogens is 1. The van der Waals surface area contributed by atoms with Gasteiger partial charge < -0.3 is 4.74 Å². The van der Waals surface area contributed by atoms with Crippen molar-refractivity contribution in [2.24, 2.45) is 28.6 Å². The van der Waals surface area contributed by atoms with E-state index in [-0.39, 0.29) is 22.9 Å². The van der Waals surface area contributed by atoms with Crippen LogP contribution in [0.1, 0.15) is 71.3 Å². The normalized spacial score (nSPS) is 40.8. The van der Waals surface area contributed by atoms with Gasteiger partial charge in [-0.05, 0) is 84.3 Å². The van der Waals surface area contributed by atoms with Gasteiger partial charge in [-0.1, -0.05) is 37.6 Å². The minimum absolute atomic E-state index is 0.0857. The molecular weight excluding hydrogens is 358 g/mol. The number of rotatable bonds is 2. The Hall–Kier alpha value is -1.90. The number of esters is 1. The average Bonchev–Trinajstić information content (AvgIpc) is 3.06. The molecule has 0 aliphatic heterocycles. The van der Waals surface area contributed by atoms with E-state index in [0.717, 1.165) is 37.0 Å². The number of pyridine rings is 1. The number of ether oxygens (including phenoxy) is 1. The Kier molecular flexibility index (Phi) is 4.49. The first kappa shape index (κ1) is 19.1. The van der Waals surface area contributed by atoms with Crippen molar-refractivity contribution >= 4 is 11.5 Å². The lowest BCUT2D eigenvalue weighted by atomic mass is 9.47. The van der Waals surface area contributed by atoms with E-state index in [2.05, 4.69) is 43.1 Å². The Morgan fingerprint density at radius 2 is 1.93 bits per heavy atom. The van der Waals surface area contributed by atoms with Gasteiger partial charge in [-0.25, -0.2) is 0 Å². The fourth-order valence-corrected chi connectivity index (χ4v) is 7.50. The molecule has 5 rings (SSSR count). The third kappa shape index (κ3) is 2.92. The summed E-state index contributed by atoms with van der Waals surface area (Å²) in [6.07, 6.45) is 17.1. The van der Waals surface area contributed by atoms with Crippen LogP contribution >= 0.6 is 0 Å². The Morgan fingerprint density at radius 3 is 2.69 bits per heavy atom. The molecule has 0 amide bonds. The second kappa shape index (κ2) is 6.82. The first-order valence-electron chi connectivity index (χ1n) is 11.4. The van der Waals surface area contributed by atoms with Crippen LogP contribution in [0.25, 0.3) is 5.57 Å². The summed E-state index contributed by atoms with van der Waals surface area (Å²) < 4.78 is 5.58. The topological polar surface area (TPSA) is 39.2 Å². The molecule has 3 heteroatoms. The van der Waals surface area contributed by atoms with Gasteiger partial charge >= 0.3 is 5.97 Å².